The third kappa shape index (κ3) is 7.35. The van der Waals surface area contributed by atoms with Crippen molar-refractivity contribution >= 4 is 28.4 Å². The van der Waals surface area contributed by atoms with Crippen molar-refractivity contribution < 1.29 is 4.92 Å². The minimum atomic E-state index is -0.521. The maximum atomic E-state index is 12.2. The Morgan fingerprint density at radius 2 is 1.07 bits per heavy atom. The highest BCUT2D eigenvalue weighted by Gasteiger charge is 2.22. The van der Waals surface area contributed by atoms with Gasteiger partial charge in [-0.3, -0.25) is 34.2 Å². The molecule has 3 aromatic rings. The lowest BCUT2D eigenvalue weighted by Gasteiger charge is -2.24. The van der Waals surface area contributed by atoms with Crippen LogP contribution >= 0.6 is 0 Å². The van der Waals surface area contributed by atoms with Crippen LogP contribution in [0.15, 0.2) is 43.4 Å². The third-order valence-corrected chi connectivity index (χ3v) is 7.35. The highest BCUT2D eigenvalue weighted by atomic mass is 16.6. The van der Waals surface area contributed by atoms with Crippen LogP contribution in [0, 0.1) is 10.1 Å². The second-order valence-corrected chi connectivity index (χ2v) is 10.4. The quantitative estimate of drug-likeness (QED) is 0.203. The van der Waals surface area contributed by atoms with E-state index in [9.17, 15) is 29.3 Å². The number of fused-ring (bicyclic) bond motifs is 2. The molecule has 0 atom stereocenters. The molecule has 0 bridgehead atoms. The van der Waals surface area contributed by atoms with Gasteiger partial charge in [-0.1, -0.05) is 18.2 Å². The molecule has 0 spiro atoms. The Morgan fingerprint density at radius 3 is 1.49 bits per heavy atom. The molecule has 0 radical (unpaired) electrons. The largest absolute Gasteiger partial charge is 0.380 e. The fourth-order valence-electron chi connectivity index (χ4n) is 5.06. The maximum absolute atomic E-state index is 12.2. The smallest absolute Gasteiger partial charge is 0.273 e. The number of nitro benzene ring substituents is 1. The molecule has 1 aliphatic rings. The lowest BCUT2D eigenvalue weighted by atomic mass is 10.1. The van der Waals surface area contributed by atoms with Crippen molar-refractivity contribution in [2.45, 2.75) is 32.2 Å². The molecule has 4 N–H and O–H groups in total. The first kappa shape index (κ1) is 29.9. The summed E-state index contributed by atoms with van der Waals surface area (Å²) in [5.41, 5.74) is -0.135. The Kier molecular flexibility index (Phi) is 10.2. The Balaban J connectivity index is 1.44. The summed E-state index contributed by atoms with van der Waals surface area (Å²) in [6.07, 6.45) is 2.80. The molecule has 0 aliphatic carbocycles. The number of nitrogens with zero attached hydrogens (tertiary/aromatic N) is 3. The number of anilines is 4. The Hall–Kier alpha value is -4.10. The molecule has 3 aromatic carbocycles. The van der Waals surface area contributed by atoms with E-state index in [1.165, 1.54) is 6.07 Å². The summed E-state index contributed by atoms with van der Waals surface area (Å²) in [6, 6.07) is 6.61. The molecule has 13 nitrogen and oxygen atoms in total. The van der Waals surface area contributed by atoms with Gasteiger partial charge >= 0.3 is 0 Å². The summed E-state index contributed by atoms with van der Waals surface area (Å²) < 4.78 is 0. The van der Waals surface area contributed by atoms with Crippen LogP contribution in [0.2, 0.25) is 0 Å². The summed E-state index contributed by atoms with van der Waals surface area (Å²) in [4.78, 5) is 63.9. The van der Waals surface area contributed by atoms with E-state index >= 15 is 0 Å². The van der Waals surface area contributed by atoms with Gasteiger partial charge in [0.15, 0.2) is 0 Å². The van der Waals surface area contributed by atoms with E-state index in [4.69, 9.17) is 0 Å². The summed E-state index contributed by atoms with van der Waals surface area (Å²) in [7, 11) is 1.99. The third-order valence-electron chi connectivity index (χ3n) is 7.35. The van der Waals surface area contributed by atoms with Gasteiger partial charge in [0.1, 0.15) is 22.7 Å². The number of hydrogen-bond acceptors (Lipinski definition) is 12. The van der Waals surface area contributed by atoms with E-state index in [1.807, 2.05) is 7.05 Å². The first-order valence-electron chi connectivity index (χ1n) is 14.0. The lowest BCUT2D eigenvalue weighted by Crippen LogP contribution is -2.39. The van der Waals surface area contributed by atoms with Gasteiger partial charge in [-0.25, -0.2) is 0 Å². The number of para-hydroxylation sites is 1. The zero-order valence-electron chi connectivity index (χ0n) is 23.3. The van der Waals surface area contributed by atoms with Crippen molar-refractivity contribution in [3.05, 3.63) is 80.8 Å². The number of nitrogens with one attached hydrogen (secondary N) is 4. The Morgan fingerprint density at radius 1 is 0.683 bits per heavy atom. The maximum Gasteiger partial charge on any atom is 0.273 e. The van der Waals surface area contributed by atoms with E-state index in [1.54, 1.807) is 18.2 Å². The highest BCUT2D eigenvalue weighted by Crippen LogP contribution is 2.20. The molecule has 0 saturated carbocycles. The van der Waals surface area contributed by atoms with Crippen LogP contribution in [-0.4, -0.2) is 74.1 Å². The van der Waals surface area contributed by atoms with Crippen molar-refractivity contribution in [3.8, 4) is 0 Å². The topological polar surface area (TPSA) is 166 Å². The van der Waals surface area contributed by atoms with Crippen LogP contribution in [0.3, 0.4) is 0 Å². The molecule has 0 aromatic heterocycles. The lowest BCUT2D eigenvalue weighted by molar-refractivity contribution is -0.385. The zero-order valence-corrected chi connectivity index (χ0v) is 23.3. The van der Waals surface area contributed by atoms with E-state index in [0.29, 0.717) is 87.0 Å². The monoisotopic (exact) mass is 567 g/mol. The van der Waals surface area contributed by atoms with Crippen LogP contribution in [0.25, 0.3) is 0 Å². The SMILES string of the molecule is CN1CCCNc2c(c(=O)c2=O)NCCCN(Cc2ccccc2[N+](=O)[O-])CCCNc2c(c(=O)c2=O)NCCC1. The van der Waals surface area contributed by atoms with Crippen LogP contribution in [0.4, 0.5) is 28.4 Å². The van der Waals surface area contributed by atoms with E-state index < -0.39 is 26.6 Å². The van der Waals surface area contributed by atoms with Crippen molar-refractivity contribution in [2.75, 3.05) is 80.7 Å². The van der Waals surface area contributed by atoms with E-state index in [0.717, 1.165) is 25.9 Å². The average molecular weight is 568 g/mol. The number of nitro groups is 1. The van der Waals surface area contributed by atoms with Gasteiger partial charge in [0.2, 0.25) is 0 Å². The second kappa shape index (κ2) is 14.0. The number of rotatable bonds is 3. The van der Waals surface area contributed by atoms with Gasteiger partial charge in [0, 0.05) is 57.4 Å². The molecule has 4 rings (SSSR count). The molecular weight excluding hydrogens is 530 g/mol. The molecule has 13 heteroatoms. The molecule has 0 unspecified atom stereocenters. The van der Waals surface area contributed by atoms with Gasteiger partial charge in [-0.15, -0.1) is 0 Å². The van der Waals surface area contributed by atoms with Crippen molar-refractivity contribution in [3.63, 3.8) is 0 Å². The molecule has 0 fully saturated rings. The summed E-state index contributed by atoms with van der Waals surface area (Å²) in [6.45, 7) is 5.08. The minimum absolute atomic E-state index is 0.0481. The summed E-state index contributed by atoms with van der Waals surface area (Å²) in [5, 5.41) is 23.9. The number of benzene rings is 1. The number of hydrogen-bond donors (Lipinski definition) is 4. The van der Waals surface area contributed by atoms with Crippen molar-refractivity contribution in [1.29, 1.82) is 0 Å². The fraction of sp³-hybridized carbons (Fsp3) is 0.500. The van der Waals surface area contributed by atoms with Crippen LogP contribution in [0.1, 0.15) is 31.2 Å². The van der Waals surface area contributed by atoms with Gasteiger partial charge in [-0.2, -0.15) is 0 Å². The van der Waals surface area contributed by atoms with Crippen LogP contribution in [-0.2, 0) is 6.54 Å². The predicted molar refractivity (Wildman–Crippen MR) is 161 cm³/mol. The summed E-state index contributed by atoms with van der Waals surface area (Å²) >= 11 is 0. The summed E-state index contributed by atoms with van der Waals surface area (Å²) in [5.74, 6) is 0. The molecule has 1 heterocycles. The van der Waals surface area contributed by atoms with E-state index in [-0.39, 0.29) is 5.69 Å². The Bertz CT molecular complexity index is 1410. The van der Waals surface area contributed by atoms with Gasteiger partial charge in [0.05, 0.1) is 4.92 Å². The minimum Gasteiger partial charge on any atom is -0.380 e. The van der Waals surface area contributed by atoms with E-state index in [2.05, 4.69) is 31.1 Å². The first-order valence-corrected chi connectivity index (χ1v) is 14.0. The standard InChI is InChI=1S/C28H37N7O6/c1-33-14-4-10-29-21-23(27(38)25(21)36)31-12-6-16-34(18-19-8-2-3-9-20(19)35(40)41)17-7-13-32-24-22(26(37)28(24)39)30-11-5-15-33/h2-3,8-9,29-32H,4-7,10-18H2,1H3. The normalized spacial score (nSPS) is 17.5. The zero-order chi connectivity index (χ0) is 29.4. The van der Waals surface area contributed by atoms with Gasteiger partial charge in [-0.05, 0) is 45.8 Å². The fourth-order valence-corrected chi connectivity index (χ4v) is 5.06. The molecule has 1 aliphatic heterocycles. The predicted octanol–water partition coefficient (Wildman–Crippen LogP) is 1.14. The van der Waals surface area contributed by atoms with Gasteiger partial charge < -0.3 is 26.2 Å². The Labute approximate surface area is 237 Å². The molecule has 0 saturated heterocycles. The van der Waals surface area contributed by atoms with Crippen molar-refractivity contribution in [1.82, 2.24) is 9.80 Å². The van der Waals surface area contributed by atoms with Crippen LogP contribution < -0.4 is 43.0 Å². The molecule has 41 heavy (non-hydrogen) atoms. The van der Waals surface area contributed by atoms with Crippen molar-refractivity contribution in [2.24, 2.45) is 0 Å². The van der Waals surface area contributed by atoms with Crippen LogP contribution in [0.5, 0.6) is 0 Å². The first-order chi connectivity index (χ1) is 19.8. The highest BCUT2D eigenvalue weighted by molar-refractivity contribution is 5.74. The molecule has 0 amide bonds. The molecular formula is C28H37N7O6. The molecule has 220 valence electrons. The van der Waals surface area contributed by atoms with Gasteiger partial charge in [0.25, 0.3) is 27.4 Å². The average Bonchev–Trinajstić information content (AvgIpc) is 2.97. The second-order valence-electron chi connectivity index (χ2n) is 10.4.